The lowest BCUT2D eigenvalue weighted by Gasteiger charge is -2.13. The molecule has 2 N–H and O–H groups in total. The molecule has 18 heavy (non-hydrogen) atoms. The van der Waals surface area contributed by atoms with Crippen molar-refractivity contribution in [3.8, 4) is 0 Å². The second kappa shape index (κ2) is 7.06. The molecule has 100 valence electrons. The summed E-state index contributed by atoms with van der Waals surface area (Å²) in [4.78, 5) is 11.6. The van der Waals surface area contributed by atoms with E-state index in [9.17, 15) is 13.6 Å². The Labute approximate surface area is 106 Å². The molecule has 0 aliphatic rings. The van der Waals surface area contributed by atoms with Gasteiger partial charge < -0.3 is 10.6 Å². The molecular formula is C13H18F2N2O. The molecule has 0 saturated heterocycles. The molecule has 5 heteroatoms. The minimum absolute atomic E-state index is 0.0516. The number of hydrogen-bond acceptors (Lipinski definition) is 2. The molecule has 1 aromatic carbocycles. The maximum Gasteiger partial charge on any atom is 0.224 e. The van der Waals surface area contributed by atoms with Gasteiger partial charge in [0, 0.05) is 12.6 Å². The normalized spacial score (nSPS) is 12.2. The molecule has 0 heterocycles. The van der Waals surface area contributed by atoms with Crippen LogP contribution in [-0.4, -0.2) is 25.0 Å². The van der Waals surface area contributed by atoms with Crippen LogP contribution in [0.3, 0.4) is 0 Å². The Morgan fingerprint density at radius 2 is 2.06 bits per heavy atom. The molecule has 0 aromatic heterocycles. The summed E-state index contributed by atoms with van der Waals surface area (Å²) in [6.45, 7) is 5.29. The molecule has 1 rings (SSSR count). The van der Waals surface area contributed by atoms with Crippen molar-refractivity contribution < 1.29 is 13.6 Å². The van der Waals surface area contributed by atoms with Crippen LogP contribution < -0.4 is 10.6 Å². The fourth-order valence-electron chi connectivity index (χ4n) is 1.59. The summed E-state index contributed by atoms with van der Waals surface area (Å²) in [5.41, 5.74) is 0.461. The number of benzene rings is 1. The van der Waals surface area contributed by atoms with Crippen molar-refractivity contribution >= 4 is 5.91 Å². The van der Waals surface area contributed by atoms with Crippen LogP contribution in [0.1, 0.15) is 19.4 Å². The molecule has 0 fully saturated rings. The lowest BCUT2D eigenvalue weighted by atomic mass is 10.1. The second-order valence-corrected chi connectivity index (χ2v) is 4.19. The average Bonchev–Trinajstić information content (AvgIpc) is 2.32. The van der Waals surface area contributed by atoms with E-state index in [1.54, 1.807) is 0 Å². The van der Waals surface area contributed by atoms with Gasteiger partial charge in [-0.25, -0.2) is 8.78 Å². The third-order valence-electron chi connectivity index (χ3n) is 2.51. The molecule has 3 nitrogen and oxygen atoms in total. The first-order valence-corrected chi connectivity index (χ1v) is 5.97. The van der Waals surface area contributed by atoms with Gasteiger partial charge >= 0.3 is 0 Å². The molecule has 0 aliphatic heterocycles. The molecule has 0 spiro atoms. The van der Waals surface area contributed by atoms with E-state index in [1.807, 2.05) is 13.8 Å². The summed E-state index contributed by atoms with van der Waals surface area (Å²) in [7, 11) is 0. The minimum Gasteiger partial charge on any atom is -0.354 e. The van der Waals surface area contributed by atoms with E-state index < -0.39 is 11.6 Å². The number of amides is 1. The Bertz CT molecular complexity index is 410. The number of nitrogens with one attached hydrogen (secondary N) is 2. The molecule has 0 radical (unpaired) electrons. The molecule has 1 amide bonds. The fraction of sp³-hybridized carbons (Fsp3) is 0.462. The number of likely N-dealkylation sites (N-methyl/N-ethyl adjacent to an activating group) is 1. The lowest BCUT2D eigenvalue weighted by Crippen LogP contribution is -2.39. The largest absolute Gasteiger partial charge is 0.354 e. The predicted octanol–water partition coefficient (Wildman–Crippen LogP) is 1.62. The summed E-state index contributed by atoms with van der Waals surface area (Å²) < 4.78 is 25.6. The lowest BCUT2D eigenvalue weighted by molar-refractivity contribution is -0.120. The first-order valence-electron chi connectivity index (χ1n) is 5.97. The van der Waals surface area contributed by atoms with Crippen molar-refractivity contribution in [3.63, 3.8) is 0 Å². The molecule has 0 saturated carbocycles. The Kier molecular flexibility index (Phi) is 5.71. The van der Waals surface area contributed by atoms with E-state index in [-0.39, 0.29) is 18.4 Å². The van der Waals surface area contributed by atoms with Gasteiger partial charge in [-0.2, -0.15) is 0 Å². The summed E-state index contributed by atoms with van der Waals surface area (Å²) in [5, 5.41) is 5.89. The SMILES string of the molecule is CCN[C@H](C)CNC(=O)Cc1ccc(F)c(F)c1. The van der Waals surface area contributed by atoms with Crippen molar-refractivity contribution in [1.29, 1.82) is 0 Å². The van der Waals surface area contributed by atoms with Crippen LogP contribution in [0.15, 0.2) is 18.2 Å². The highest BCUT2D eigenvalue weighted by atomic mass is 19.2. The predicted molar refractivity (Wildman–Crippen MR) is 66.2 cm³/mol. The topological polar surface area (TPSA) is 41.1 Å². The smallest absolute Gasteiger partial charge is 0.224 e. The van der Waals surface area contributed by atoms with Crippen molar-refractivity contribution in [3.05, 3.63) is 35.4 Å². The quantitative estimate of drug-likeness (QED) is 0.812. The third kappa shape index (κ3) is 4.79. The third-order valence-corrected chi connectivity index (χ3v) is 2.51. The van der Waals surface area contributed by atoms with Gasteiger partial charge in [0.15, 0.2) is 11.6 Å². The van der Waals surface area contributed by atoms with Gasteiger partial charge in [0.2, 0.25) is 5.91 Å². The van der Waals surface area contributed by atoms with Crippen LogP contribution >= 0.6 is 0 Å². The van der Waals surface area contributed by atoms with E-state index in [0.717, 1.165) is 18.7 Å². The van der Waals surface area contributed by atoms with Crippen LogP contribution in [0.2, 0.25) is 0 Å². The first-order chi connectivity index (χ1) is 8.52. The van der Waals surface area contributed by atoms with Gasteiger partial charge in [0.05, 0.1) is 6.42 Å². The molecule has 0 unspecified atom stereocenters. The van der Waals surface area contributed by atoms with Crippen molar-refractivity contribution in [2.45, 2.75) is 26.3 Å². The van der Waals surface area contributed by atoms with Gasteiger partial charge in [-0.05, 0) is 31.2 Å². The van der Waals surface area contributed by atoms with Gasteiger partial charge in [0.25, 0.3) is 0 Å². The number of rotatable bonds is 6. The Hall–Kier alpha value is -1.49. The Morgan fingerprint density at radius 3 is 2.67 bits per heavy atom. The number of carbonyl (C=O) groups excluding carboxylic acids is 1. The molecular weight excluding hydrogens is 238 g/mol. The molecule has 1 aromatic rings. The van der Waals surface area contributed by atoms with Gasteiger partial charge in [-0.15, -0.1) is 0 Å². The van der Waals surface area contributed by atoms with Crippen LogP contribution in [0, 0.1) is 11.6 Å². The van der Waals surface area contributed by atoms with Crippen LogP contribution in [0.4, 0.5) is 8.78 Å². The van der Waals surface area contributed by atoms with E-state index in [0.29, 0.717) is 12.1 Å². The molecule has 0 bridgehead atoms. The molecule has 0 aliphatic carbocycles. The number of halogens is 2. The summed E-state index contributed by atoms with van der Waals surface area (Å²) in [5.74, 6) is -2.04. The summed E-state index contributed by atoms with van der Waals surface area (Å²) >= 11 is 0. The number of hydrogen-bond donors (Lipinski definition) is 2. The van der Waals surface area contributed by atoms with Crippen molar-refractivity contribution in [2.75, 3.05) is 13.1 Å². The summed E-state index contributed by atoms with van der Waals surface area (Å²) in [6, 6.07) is 3.66. The fourth-order valence-corrected chi connectivity index (χ4v) is 1.59. The zero-order chi connectivity index (χ0) is 13.5. The van der Waals surface area contributed by atoms with Crippen LogP contribution in [-0.2, 0) is 11.2 Å². The standard InChI is InChI=1S/C13H18F2N2O/c1-3-16-9(2)8-17-13(18)7-10-4-5-11(14)12(15)6-10/h4-6,9,16H,3,7-8H2,1-2H3,(H,17,18)/t9-/m1/s1. The maximum atomic E-state index is 12.9. The van der Waals surface area contributed by atoms with E-state index >= 15 is 0 Å². The first kappa shape index (κ1) is 14.6. The minimum atomic E-state index is -0.929. The van der Waals surface area contributed by atoms with Gasteiger partial charge in [-0.1, -0.05) is 13.0 Å². The van der Waals surface area contributed by atoms with Gasteiger partial charge in [0.1, 0.15) is 0 Å². The van der Waals surface area contributed by atoms with E-state index in [1.165, 1.54) is 6.07 Å². The zero-order valence-electron chi connectivity index (χ0n) is 10.6. The van der Waals surface area contributed by atoms with Gasteiger partial charge in [-0.3, -0.25) is 4.79 Å². The van der Waals surface area contributed by atoms with E-state index in [4.69, 9.17) is 0 Å². The summed E-state index contributed by atoms with van der Waals surface area (Å²) in [6.07, 6.45) is 0.0516. The highest BCUT2D eigenvalue weighted by molar-refractivity contribution is 5.78. The van der Waals surface area contributed by atoms with E-state index in [2.05, 4.69) is 10.6 Å². The maximum absolute atomic E-state index is 12.9. The highest BCUT2D eigenvalue weighted by Gasteiger charge is 2.08. The van der Waals surface area contributed by atoms with Crippen LogP contribution in [0.25, 0.3) is 0 Å². The zero-order valence-corrected chi connectivity index (χ0v) is 10.6. The second-order valence-electron chi connectivity index (χ2n) is 4.19. The number of carbonyl (C=O) groups is 1. The monoisotopic (exact) mass is 256 g/mol. The Balaban J connectivity index is 2.42. The Morgan fingerprint density at radius 1 is 1.33 bits per heavy atom. The highest BCUT2D eigenvalue weighted by Crippen LogP contribution is 2.09. The van der Waals surface area contributed by atoms with Crippen molar-refractivity contribution in [1.82, 2.24) is 10.6 Å². The van der Waals surface area contributed by atoms with Crippen LogP contribution in [0.5, 0.6) is 0 Å². The van der Waals surface area contributed by atoms with Crippen molar-refractivity contribution in [2.24, 2.45) is 0 Å². The molecule has 1 atom stereocenters. The average molecular weight is 256 g/mol.